The van der Waals surface area contributed by atoms with Crippen LogP contribution in [0.5, 0.6) is 5.88 Å². The van der Waals surface area contributed by atoms with Crippen LogP contribution >= 0.6 is 0 Å². The summed E-state index contributed by atoms with van der Waals surface area (Å²) in [7, 11) is -3.15. The first-order chi connectivity index (χ1) is 15.7. The Bertz CT molecular complexity index is 1560. The number of halogens is 2. The van der Waals surface area contributed by atoms with Gasteiger partial charge in [0, 0.05) is 29.4 Å². The predicted octanol–water partition coefficient (Wildman–Crippen LogP) is 3.65. The van der Waals surface area contributed by atoms with Crippen LogP contribution < -0.4 is 9.46 Å². The summed E-state index contributed by atoms with van der Waals surface area (Å²) >= 11 is 0. The van der Waals surface area contributed by atoms with E-state index in [9.17, 15) is 17.2 Å². The van der Waals surface area contributed by atoms with Gasteiger partial charge in [-0.3, -0.25) is 4.72 Å². The molecule has 2 aromatic heterocycles. The lowest BCUT2D eigenvalue weighted by atomic mass is 10.1. The van der Waals surface area contributed by atoms with Gasteiger partial charge in [0.25, 0.3) is 10.0 Å². The van der Waals surface area contributed by atoms with Crippen LogP contribution in [-0.2, 0) is 10.0 Å². The average molecular weight is 454 g/mol. The Morgan fingerprint density at radius 3 is 2.66 bits per heavy atom. The van der Waals surface area contributed by atoms with Crippen LogP contribution in [0.3, 0.4) is 0 Å². The minimum Gasteiger partial charge on any atom is -0.480 e. The molecule has 1 N–H and O–H groups in total. The van der Waals surface area contributed by atoms with E-state index in [1.807, 2.05) is 0 Å². The molecule has 0 aliphatic rings. The second-order valence-corrected chi connectivity index (χ2v) is 8.11. The number of methoxy groups -OCH3 is 1. The summed E-state index contributed by atoms with van der Waals surface area (Å²) in [5.41, 5.74) is 1.30. The fraction of sp³-hybridized carbons (Fsp3) is 0.0476. The molecule has 160 valence electrons. The van der Waals surface area contributed by atoms with Gasteiger partial charge in [-0.25, -0.2) is 32.2 Å². The van der Waals surface area contributed by atoms with Crippen LogP contribution in [0.1, 0.15) is 7.20 Å². The van der Waals surface area contributed by atoms with Crippen molar-refractivity contribution < 1.29 is 23.3 Å². The number of nitriles is 1. The number of benzene rings is 2. The van der Waals surface area contributed by atoms with Crippen molar-refractivity contribution in [3.8, 4) is 23.1 Å². The molecule has 0 bridgehead atoms. The summed E-state index contributed by atoms with van der Waals surface area (Å²) in [5.74, 6) is -2.37. The quantitative estimate of drug-likeness (QED) is 0.489. The maximum atomic E-state index is 14.1. The second-order valence-electron chi connectivity index (χ2n) is 6.46. The molecule has 4 rings (SSSR count). The molecule has 0 unspecified atom stereocenters. The summed E-state index contributed by atoms with van der Waals surface area (Å²) in [5, 5.41) is 9.34. The molecule has 11 heteroatoms. The van der Waals surface area contributed by atoms with Crippen LogP contribution in [0.4, 0.5) is 14.5 Å². The Morgan fingerprint density at radius 2 is 1.94 bits per heavy atom. The molecular weight excluding hydrogens is 440 g/mol. The van der Waals surface area contributed by atoms with Gasteiger partial charge in [0.2, 0.25) is 11.7 Å². The van der Waals surface area contributed by atoms with Crippen molar-refractivity contribution in [1.29, 1.82) is 5.26 Å². The lowest BCUT2D eigenvalue weighted by molar-refractivity contribution is 0.400. The van der Waals surface area contributed by atoms with Gasteiger partial charge >= 0.3 is 0 Å². The number of pyridine rings is 1. The molecule has 0 aliphatic heterocycles. The number of rotatable bonds is 5. The minimum atomic E-state index is -4.43. The van der Waals surface area contributed by atoms with Crippen LogP contribution in [0, 0.1) is 23.0 Å². The van der Waals surface area contributed by atoms with Crippen LogP contribution in [-0.4, -0.2) is 30.5 Å². The van der Waals surface area contributed by atoms with E-state index < -0.39 is 26.6 Å². The molecule has 0 fully saturated rings. The highest BCUT2D eigenvalue weighted by Crippen LogP contribution is 2.31. The van der Waals surface area contributed by atoms with Gasteiger partial charge in [-0.05, 0) is 35.9 Å². The van der Waals surface area contributed by atoms with Crippen molar-refractivity contribution >= 4 is 26.6 Å². The van der Waals surface area contributed by atoms with Crippen molar-refractivity contribution in [2.45, 2.75) is 4.90 Å². The van der Waals surface area contributed by atoms with E-state index in [2.05, 4.69) is 19.7 Å². The van der Waals surface area contributed by atoms with Gasteiger partial charge in [-0.2, -0.15) is 5.26 Å². The first-order valence-corrected chi connectivity index (χ1v) is 10.4. The van der Waals surface area contributed by atoms with Gasteiger partial charge in [0.1, 0.15) is 28.3 Å². The fourth-order valence-electron chi connectivity index (χ4n) is 2.94. The molecule has 0 aliphatic carbocycles. The average Bonchev–Trinajstić information content (AvgIpc) is 2.78. The topological polar surface area (TPSA) is 118 Å². The third-order valence-electron chi connectivity index (χ3n) is 4.41. The third kappa shape index (κ3) is 4.03. The summed E-state index contributed by atoms with van der Waals surface area (Å²) < 4.78 is 68.0. The Kier molecular flexibility index (Phi) is 5.04. The van der Waals surface area contributed by atoms with Crippen molar-refractivity contribution in [3.63, 3.8) is 0 Å². The number of anilines is 1. The molecule has 0 radical (unpaired) electrons. The normalized spacial score (nSPS) is 11.6. The Hall–Kier alpha value is -4.17. The van der Waals surface area contributed by atoms with E-state index in [0.717, 1.165) is 12.1 Å². The highest BCUT2D eigenvalue weighted by Gasteiger charge is 2.22. The molecule has 2 aromatic carbocycles. The molecule has 0 amide bonds. The third-order valence-corrected chi connectivity index (χ3v) is 5.81. The number of nitrogens with zero attached hydrogens (tertiary/aromatic N) is 4. The zero-order valence-electron chi connectivity index (χ0n) is 17.3. The van der Waals surface area contributed by atoms with Gasteiger partial charge in [0.05, 0.1) is 14.0 Å². The van der Waals surface area contributed by atoms with Gasteiger partial charge < -0.3 is 4.74 Å². The molecule has 0 saturated heterocycles. The maximum absolute atomic E-state index is 14.1. The molecule has 32 heavy (non-hydrogen) atoms. The van der Waals surface area contributed by atoms with Crippen molar-refractivity contribution in [2.75, 3.05) is 11.8 Å². The maximum Gasteiger partial charge on any atom is 0.264 e. The standard InChI is InChI=1S/C21H13F2N5O3S/c1-31-21-18(28-32(29,30)19-5-3-15(22)8-16(19)23)7-13(10-26-21)12-2-4-17-14(6-12)11-25-20(9-24)27-17/h2-8,10-11,28H,1H3/i11D. The molecular formula is C21H13F2N5O3S. The van der Waals surface area contributed by atoms with Gasteiger partial charge in [-0.1, -0.05) is 6.07 Å². The monoisotopic (exact) mass is 454 g/mol. The van der Waals surface area contributed by atoms with E-state index in [-0.39, 0.29) is 23.6 Å². The lowest BCUT2D eigenvalue weighted by Crippen LogP contribution is -2.15. The largest absolute Gasteiger partial charge is 0.480 e. The summed E-state index contributed by atoms with van der Waals surface area (Å²) in [6.07, 6.45) is 1.28. The number of ether oxygens (including phenoxy) is 1. The number of sulfonamides is 1. The first-order valence-electron chi connectivity index (χ1n) is 9.42. The molecule has 0 atom stereocenters. The smallest absolute Gasteiger partial charge is 0.264 e. The molecule has 2 heterocycles. The van der Waals surface area contributed by atoms with Crippen molar-refractivity contribution in [3.05, 3.63) is 72.3 Å². The molecule has 0 saturated carbocycles. The number of aromatic nitrogens is 3. The summed E-state index contributed by atoms with van der Waals surface area (Å²) in [6.45, 7) is 0. The predicted molar refractivity (Wildman–Crippen MR) is 111 cm³/mol. The highest BCUT2D eigenvalue weighted by molar-refractivity contribution is 7.92. The van der Waals surface area contributed by atoms with Crippen LogP contribution in [0.15, 0.2) is 59.7 Å². The number of hydrogen-bond acceptors (Lipinski definition) is 7. The van der Waals surface area contributed by atoms with Crippen molar-refractivity contribution in [1.82, 2.24) is 15.0 Å². The molecule has 4 aromatic rings. The number of fused-ring (bicyclic) bond motifs is 1. The highest BCUT2D eigenvalue weighted by atomic mass is 32.2. The summed E-state index contributed by atoms with van der Waals surface area (Å²) in [4.78, 5) is 11.2. The van der Waals surface area contributed by atoms with E-state index >= 15 is 0 Å². The first kappa shape index (κ1) is 19.8. The fourth-order valence-corrected chi connectivity index (χ4v) is 4.05. The Labute approximate surface area is 182 Å². The minimum absolute atomic E-state index is 0.0752. The molecule has 8 nitrogen and oxygen atoms in total. The summed E-state index contributed by atoms with van der Waals surface area (Å²) in [6, 6.07) is 10.2. The lowest BCUT2D eigenvalue weighted by Gasteiger charge is -2.13. The van der Waals surface area contributed by atoms with E-state index in [0.29, 0.717) is 28.1 Å². The molecule has 0 spiro atoms. The van der Waals surface area contributed by atoms with E-state index in [1.54, 1.807) is 24.3 Å². The SMILES string of the molecule is [2H]c1nc(C#N)nc2ccc(-c3cnc(OC)c(NS(=O)(=O)c4ccc(F)cc4F)c3)cc12. The van der Waals surface area contributed by atoms with Crippen LogP contribution in [0.2, 0.25) is 0 Å². The Morgan fingerprint density at radius 1 is 1.12 bits per heavy atom. The number of nitrogens with one attached hydrogen (secondary N) is 1. The zero-order chi connectivity index (χ0) is 23.8. The number of hydrogen-bond donors (Lipinski definition) is 1. The van der Waals surface area contributed by atoms with Crippen LogP contribution in [0.25, 0.3) is 22.0 Å². The van der Waals surface area contributed by atoms with Gasteiger partial charge in [-0.15, -0.1) is 0 Å². The van der Waals surface area contributed by atoms with Crippen molar-refractivity contribution in [2.24, 2.45) is 0 Å². The van der Waals surface area contributed by atoms with E-state index in [1.165, 1.54) is 19.4 Å². The van der Waals surface area contributed by atoms with Gasteiger partial charge in [0.15, 0.2) is 0 Å². The Balaban J connectivity index is 1.77. The zero-order valence-corrected chi connectivity index (χ0v) is 17.1. The second kappa shape index (κ2) is 8.16. The van der Waals surface area contributed by atoms with E-state index in [4.69, 9.17) is 11.4 Å².